The Kier molecular flexibility index (Phi) is 4.72. The fraction of sp³-hybridized carbons (Fsp3) is 0.154. The molecule has 2 heterocycles. The Balaban J connectivity index is 1.87. The number of nitrogens with one attached hydrogen (secondary N) is 1. The van der Waals surface area contributed by atoms with Gasteiger partial charge in [0.15, 0.2) is 5.13 Å². The minimum Gasteiger partial charge on any atom is -0.298 e. The molecule has 12 heteroatoms. The highest BCUT2D eigenvalue weighted by Crippen LogP contribution is 2.34. The van der Waals surface area contributed by atoms with Gasteiger partial charge in [0.1, 0.15) is 0 Å². The molecule has 10 nitrogen and oxygen atoms in total. The molecule has 1 N–H and O–H groups in total. The first-order valence-corrected chi connectivity index (χ1v) is 8.56. The number of rotatable bonds is 5. The average molecular weight is 377 g/mol. The van der Waals surface area contributed by atoms with Gasteiger partial charge in [-0.3, -0.25) is 20.2 Å². The summed E-state index contributed by atoms with van der Waals surface area (Å²) in [6.45, 7) is 1.81. The van der Waals surface area contributed by atoms with Gasteiger partial charge in [-0.1, -0.05) is 0 Å². The predicted octanol–water partition coefficient (Wildman–Crippen LogP) is 2.29. The summed E-state index contributed by atoms with van der Waals surface area (Å²) in [5.41, 5.74) is 0.756. The molecule has 25 heavy (non-hydrogen) atoms. The topological polar surface area (TPSA) is 129 Å². The quantitative estimate of drug-likeness (QED) is 0.529. The molecule has 0 saturated heterocycles. The lowest BCUT2D eigenvalue weighted by Gasteiger charge is -2.05. The summed E-state index contributed by atoms with van der Waals surface area (Å²) in [7, 11) is 1.63. The van der Waals surface area contributed by atoms with Crippen LogP contribution in [0.25, 0.3) is 0 Å². The number of aromatic nitrogens is 5. The van der Waals surface area contributed by atoms with Gasteiger partial charge in [-0.2, -0.15) is 0 Å². The van der Waals surface area contributed by atoms with Crippen LogP contribution in [0.15, 0.2) is 33.6 Å². The van der Waals surface area contributed by atoms with Crippen LogP contribution in [0, 0.1) is 17.0 Å². The van der Waals surface area contributed by atoms with E-state index in [1.165, 1.54) is 34.2 Å². The molecule has 0 aliphatic rings. The maximum atomic E-state index is 12.3. The van der Waals surface area contributed by atoms with E-state index in [0.29, 0.717) is 15.2 Å². The molecule has 0 radical (unpaired) electrons. The standard InChI is InChI=1S/C13H11N7O3S2/c1-7-6-24-12(14-7)15-11(21)8-3-4-10(9(5-8)20(22)23)25-13-16-17-18-19(13)2/h3-6H,1-2H3,(H,14,15,21). The fourth-order valence-electron chi connectivity index (χ4n) is 1.87. The third-order valence-electron chi connectivity index (χ3n) is 3.04. The van der Waals surface area contributed by atoms with Crippen LogP contribution in [-0.4, -0.2) is 36.0 Å². The molecule has 0 bridgehead atoms. The third-order valence-corrected chi connectivity index (χ3v) is 5.01. The molecule has 2 aromatic heterocycles. The van der Waals surface area contributed by atoms with Crippen LogP contribution in [0.1, 0.15) is 16.1 Å². The molecule has 0 fully saturated rings. The van der Waals surface area contributed by atoms with Crippen molar-refractivity contribution < 1.29 is 9.72 Å². The van der Waals surface area contributed by atoms with Crippen LogP contribution >= 0.6 is 23.1 Å². The van der Waals surface area contributed by atoms with Gasteiger partial charge < -0.3 is 0 Å². The molecule has 1 amide bonds. The van der Waals surface area contributed by atoms with E-state index >= 15 is 0 Å². The molecular formula is C13H11N7O3S2. The van der Waals surface area contributed by atoms with Crippen LogP contribution in [0.2, 0.25) is 0 Å². The summed E-state index contributed by atoms with van der Waals surface area (Å²) in [4.78, 5) is 27.6. The van der Waals surface area contributed by atoms with Crippen LogP contribution < -0.4 is 5.32 Å². The van der Waals surface area contributed by atoms with E-state index in [4.69, 9.17) is 0 Å². The monoisotopic (exact) mass is 377 g/mol. The normalized spacial score (nSPS) is 10.6. The molecule has 0 spiro atoms. The second kappa shape index (κ2) is 6.94. The number of anilines is 1. The minimum atomic E-state index is -0.545. The van der Waals surface area contributed by atoms with Crippen LogP contribution in [0.4, 0.5) is 10.8 Å². The highest BCUT2D eigenvalue weighted by Gasteiger charge is 2.20. The molecule has 1 aromatic carbocycles. The number of aryl methyl sites for hydroxylation is 2. The molecule has 0 aliphatic heterocycles. The Hall–Kier alpha value is -2.86. The summed E-state index contributed by atoms with van der Waals surface area (Å²) in [6, 6.07) is 4.23. The van der Waals surface area contributed by atoms with Crippen molar-refractivity contribution >= 4 is 39.8 Å². The maximum Gasteiger partial charge on any atom is 0.284 e. The number of carbonyl (C=O) groups is 1. The predicted molar refractivity (Wildman–Crippen MR) is 90.8 cm³/mol. The van der Waals surface area contributed by atoms with E-state index in [1.807, 2.05) is 6.92 Å². The third kappa shape index (κ3) is 3.80. The van der Waals surface area contributed by atoms with Gasteiger partial charge >= 0.3 is 0 Å². The molecule has 0 atom stereocenters. The van der Waals surface area contributed by atoms with Crippen molar-refractivity contribution in [3.8, 4) is 0 Å². The minimum absolute atomic E-state index is 0.167. The Morgan fingerprint density at radius 3 is 2.84 bits per heavy atom. The first-order valence-electron chi connectivity index (χ1n) is 6.86. The lowest BCUT2D eigenvalue weighted by molar-refractivity contribution is -0.387. The van der Waals surface area contributed by atoms with E-state index in [0.717, 1.165) is 17.5 Å². The van der Waals surface area contributed by atoms with E-state index in [2.05, 4.69) is 25.8 Å². The average Bonchev–Trinajstić information content (AvgIpc) is 3.16. The number of thiazole rings is 1. The van der Waals surface area contributed by atoms with Crippen molar-refractivity contribution in [2.75, 3.05) is 5.32 Å². The fourth-order valence-corrected chi connectivity index (χ4v) is 3.37. The van der Waals surface area contributed by atoms with Crippen LogP contribution in [0.3, 0.4) is 0 Å². The summed E-state index contributed by atoms with van der Waals surface area (Å²) >= 11 is 2.33. The first-order chi connectivity index (χ1) is 11.9. The highest BCUT2D eigenvalue weighted by molar-refractivity contribution is 7.99. The zero-order chi connectivity index (χ0) is 18.0. The van der Waals surface area contributed by atoms with Gasteiger partial charge in [0.2, 0.25) is 5.16 Å². The number of nitrogens with zero attached hydrogens (tertiary/aromatic N) is 6. The second-order valence-electron chi connectivity index (χ2n) is 4.87. The smallest absolute Gasteiger partial charge is 0.284 e. The second-order valence-corrected chi connectivity index (χ2v) is 6.74. The van der Waals surface area contributed by atoms with Gasteiger partial charge in [-0.25, -0.2) is 9.67 Å². The highest BCUT2D eigenvalue weighted by atomic mass is 32.2. The lowest BCUT2D eigenvalue weighted by atomic mass is 10.2. The van der Waals surface area contributed by atoms with Gasteiger partial charge in [0, 0.05) is 24.1 Å². The number of carbonyl (C=O) groups excluding carboxylic acids is 1. The number of benzene rings is 1. The maximum absolute atomic E-state index is 12.3. The number of hydrogen-bond donors (Lipinski definition) is 1. The van der Waals surface area contributed by atoms with E-state index < -0.39 is 10.8 Å². The van der Waals surface area contributed by atoms with Crippen molar-refractivity contribution in [3.05, 3.63) is 45.0 Å². The van der Waals surface area contributed by atoms with Crippen molar-refractivity contribution in [3.63, 3.8) is 0 Å². The molecule has 3 rings (SSSR count). The van der Waals surface area contributed by atoms with E-state index in [1.54, 1.807) is 12.4 Å². The summed E-state index contributed by atoms with van der Waals surface area (Å²) in [6.07, 6.45) is 0. The molecule has 0 unspecified atom stereocenters. The Labute approximate surface area is 149 Å². The molecule has 0 saturated carbocycles. The molecule has 128 valence electrons. The van der Waals surface area contributed by atoms with Crippen molar-refractivity contribution in [2.45, 2.75) is 17.0 Å². The van der Waals surface area contributed by atoms with Crippen LogP contribution in [-0.2, 0) is 7.05 Å². The van der Waals surface area contributed by atoms with Crippen molar-refractivity contribution in [1.82, 2.24) is 25.2 Å². The number of nitro groups is 1. The number of amides is 1. The van der Waals surface area contributed by atoms with Gasteiger partial charge in [-0.05, 0) is 41.2 Å². The van der Waals surface area contributed by atoms with Gasteiger partial charge in [0.25, 0.3) is 11.6 Å². The summed E-state index contributed by atoms with van der Waals surface area (Å²) < 4.78 is 1.40. The van der Waals surface area contributed by atoms with E-state index in [9.17, 15) is 14.9 Å². The first kappa shape index (κ1) is 17.0. The molecular weight excluding hydrogens is 366 g/mol. The number of nitro benzene ring substituents is 1. The van der Waals surface area contributed by atoms with Crippen molar-refractivity contribution in [2.24, 2.45) is 7.05 Å². The van der Waals surface area contributed by atoms with E-state index in [-0.39, 0.29) is 11.3 Å². The lowest BCUT2D eigenvalue weighted by Crippen LogP contribution is -2.12. The van der Waals surface area contributed by atoms with Crippen molar-refractivity contribution in [1.29, 1.82) is 0 Å². The number of hydrogen-bond acceptors (Lipinski definition) is 9. The summed E-state index contributed by atoms with van der Waals surface area (Å²) in [5, 5.41) is 27.6. The SMILES string of the molecule is Cc1csc(NC(=O)c2ccc(Sc3nnnn3C)c([N+](=O)[O-])c2)n1. The van der Waals surface area contributed by atoms with Gasteiger partial charge in [0.05, 0.1) is 15.5 Å². The van der Waals surface area contributed by atoms with Crippen LogP contribution in [0.5, 0.6) is 0 Å². The Morgan fingerprint density at radius 1 is 1.44 bits per heavy atom. The van der Waals surface area contributed by atoms with Gasteiger partial charge in [-0.15, -0.1) is 16.4 Å². The molecule has 3 aromatic rings. The number of tetrazole rings is 1. The zero-order valence-electron chi connectivity index (χ0n) is 13.0. The summed E-state index contributed by atoms with van der Waals surface area (Å²) in [5.74, 6) is -0.464. The Bertz CT molecular complexity index is 953. The largest absolute Gasteiger partial charge is 0.298 e. The Morgan fingerprint density at radius 2 is 2.24 bits per heavy atom. The molecule has 0 aliphatic carbocycles. The zero-order valence-corrected chi connectivity index (χ0v) is 14.7.